The summed E-state index contributed by atoms with van der Waals surface area (Å²) in [6.07, 6.45) is -0.508. The molecule has 0 atom stereocenters. The summed E-state index contributed by atoms with van der Waals surface area (Å²) in [5, 5.41) is 10.2. The van der Waals surface area contributed by atoms with Crippen LogP contribution < -0.4 is 11.1 Å². The lowest BCUT2D eigenvalue weighted by Gasteiger charge is -2.14. The second-order valence-electron chi connectivity index (χ2n) is 6.94. The molecule has 4 N–H and O–H groups in total. The van der Waals surface area contributed by atoms with Crippen LogP contribution in [0.3, 0.4) is 0 Å². The Bertz CT molecular complexity index is 1130. The predicted molar refractivity (Wildman–Crippen MR) is 117 cm³/mol. The molecular weight excluding hydrogens is 374 g/mol. The number of nitrogen functional groups attached to an aromatic ring is 1. The van der Waals surface area contributed by atoms with Crippen molar-refractivity contribution in [1.82, 2.24) is 5.32 Å². The second-order valence-corrected chi connectivity index (χ2v) is 6.94. The predicted octanol–water partition coefficient (Wildman–Crippen LogP) is 3.86. The third-order valence-corrected chi connectivity index (χ3v) is 5.11. The van der Waals surface area contributed by atoms with Crippen LogP contribution in [0.5, 0.6) is 0 Å². The van der Waals surface area contributed by atoms with E-state index in [2.05, 4.69) is 41.4 Å². The number of amidine groups is 1. The fourth-order valence-corrected chi connectivity index (χ4v) is 3.73. The van der Waals surface area contributed by atoms with E-state index in [4.69, 9.17) is 15.9 Å². The SMILES string of the molecule is N=C(N)c1ccccc1C#CCNC(=O)OCC1c2ccccc2-c2ccccc21. The minimum atomic E-state index is -0.508. The molecule has 0 fully saturated rings. The van der Waals surface area contributed by atoms with Gasteiger partial charge in [0.2, 0.25) is 0 Å². The summed E-state index contributed by atoms with van der Waals surface area (Å²) in [6.45, 7) is 0.406. The monoisotopic (exact) mass is 395 g/mol. The molecule has 0 spiro atoms. The third-order valence-electron chi connectivity index (χ3n) is 5.11. The van der Waals surface area contributed by atoms with Gasteiger partial charge in [-0.25, -0.2) is 4.79 Å². The van der Waals surface area contributed by atoms with Crippen LogP contribution in [0, 0.1) is 17.3 Å². The molecule has 1 aliphatic rings. The van der Waals surface area contributed by atoms with Crippen LogP contribution in [0.25, 0.3) is 11.1 Å². The summed E-state index contributed by atoms with van der Waals surface area (Å²) in [4.78, 5) is 12.2. The van der Waals surface area contributed by atoms with Crippen molar-refractivity contribution in [3.8, 4) is 23.0 Å². The molecular formula is C25H21N3O2. The van der Waals surface area contributed by atoms with E-state index in [0.717, 1.165) is 0 Å². The number of carbonyl (C=O) groups excluding carboxylic acids is 1. The van der Waals surface area contributed by atoms with Gasteiger partial charge in [0.15, 0.2) is 0 Å². The maximum atomic E-state index is 12.2. The number of benzene rings is 3. The number of alkyl carbamates (subject to hydrolysis) is 1. The molecule has 3 aromatic carbocycles. The summed E-state index contributed by atoms with van der Waals surface area (Å²) in [5.74, 6) is 5.79. The molecule has 0 bridgehead atoms. The quantitative estimate of drug-likeness (QED) is 0.356. The van der Waals surface area contributed by atoms with Crippen LogP contribution in [0.4, 0.5) is 4.79 Å². The van der Waals surface area contributed by atoms with Crippen molar-refractivity contribution >= 4 is 11.9 Å². The van der Waals surface area contributed by atoms with Crippen LogP contribution in [0.15, 0.2) is 72.8 Å². The highest BCUT2D eigenvalue weighted by Gasteiger charge is 2.28. The summed E-state index contributed by atoms with van der Waals surface area (Å²) in [6, 6.07) is 23.6. The Balaban J connectivity index is 1.36. The molecule has 5 nitrogen and oxygen atoms in total. The van der Waals surface area contributed by atoms with Crippen molar-refractivity contribution in [2.24, 2.45) is 5.73 Å². The van der Waals surface area contributed by atoms with Crippen molar-refractivity contribution in [2.45, 2.75) is 5.92 Å². The van der Waals surface area contributed by atoms with E-state index in [9.17, 15) is 4.79 Å². The highest BCUT2D eigenvalue weighted by molar-refractivity contribution is 5.97. The van der Waals surface area contributed by atoms with E-state index in [0.29, 0.717) is 11.1 Å². The molecule has 0 heterocycles. The van der Waals surface area contributed by atoms with E-state index in [-0.39, 0.29) is 24.9 Å². The van der Waals surface area contributed by atoms with Crippen molar-refractivity contribution in [2.75, 3.05) is 13.2 Å². The van der Waals surface area contributed by atoms with E-state index >= 15 is 0 Å². The number of rotatable bonds is 4. The van der Waals surface area contributed by atoms with Gasteiger partial charge in [0.25, 0.3) is 0 Å². The van der Waals surface area contributed by atoms with Gasteiger partial charge < -0.3 is 15.8 Å². The molecule has 4 rings (SSSR count). The lowest BCUT2D eigenvalue weighted by molar-refractivity contribution is 0.144. The summed E-state index contributed by atoms with van der Waals surface area (Å²) < 4.78 is 5.48. The minimum Gasteiger partial charge on any atom is -0.449 e. The van der Waals surface area contributed by atoms with Crippen molar-refractivity contribution in [3.05, 3.63) is 95.1 Å². The zero-order chi connectivity index (χ0) is 20.9. The Morgan fingerprint density at radius 2 is 1.57 bits per heavy atom. The smallest absolute Gasteiger partial charge is 0.407 e. The number of fused-ring (bicyclic) bond motifs is 3. The molecule has 3 aromatic rings. The van der Waals surface area contributed by atoms with Gasteiger partial charge in [-0.15, -0.1) is 0 Å². The highest BCUT2D eigenvalue weighted by atomic mass is 16.5. The van der Waals surface area contributed by atoms with Crippen LogP contribution in [-0.2, 0) is 4.74 Å². The zero-order valence-electron chi connectivity index (χ0n) is 16.3. The second kappa shape index (κ2) is 8.54. The Kier molecular flexibility index (Phi) is 5.49. The molecule has 0 aromatic heterocycles. The lowest BCUT2D eigenvalue weighted by atomic mass is 9.98. The molecule has 1 aliphatic carbocycles. The number of amides is 1. The summed E-state index contributed by atoms with van der Waals surface area (Å²) in [7, 11) is 0. The molecule has 0 saturated carbocycles. The number of hydrogen-bond donors (Lipinski definition) is 3. The Hall–Kier alpha value is -4.04. The standard InChI is InChI=1S/C25H21N3O2/c26-24(27)18-10-2-1-8-17(18)9-7-15-28-25(29)30-16-23-21-13-5-3-11-19(21)20-12-4-6-14-22(20)23/h1-6,8,10-14,23H,15-16H2,(H3,26,27)(H,28,29). The van der Waals surface area contributed by atoms with Gasteiger partial charge in [-0.05, 0) is 28.3 Å². The van der Waals surface area contributed by atoms with E-state index in [1.165, 1.54) is 22.3 Å². The van der Waals surface area contributed by atoms with Crippen molar-refractivity contribution in [3.63, 3.8) is 0 Å². The molecule has 30 heavy (non-hydrogen) atoms. The Labute approximate surface area is 175 Å². The van der Waals surface area contributed by atoms with Crippen LogP contribution in [0.2, 0.25) is 0 Å². The number of nitrogens with one attached hydrogen (secondary N) is 2. The number of ether oxygens (including phenoxy) is 1. The zero-order valence-corrected chi connectivity index (χ0v) is 16.3. The molecule has 0 radical (unpaired) electrons. The van der Waals surface area contributed by atoms with Gasteiger partial charge in [-0.1, -0.05) is 78.6 Å². The molecule has 0 aliphatic heterocycles. The molecule has 5 heteroatoms. The maximum absolute atomic E-state index is 12.2. The third kappa shape index (κ3) is 3.89. The highest BCUT2D eigenvalue weighted by Crippen LogP contribution is 2.44. The van der Waals surface area contributed by atoms with Crippen LogP contribution in [-0.4, -0.2) is 25.1 Å². The fourth-order valence-electron chi connectivity index (χ4n) is 3.73. The summed E-state index contributed by atoms with van der Waals surface area (Å²) >= 11 is 0. The first-order valence-corrected chi connectivity index (χ1v) is 9.66. The molecule has 0 unspecified atom stereocenters. The van der Waals surface area contributed by atoms with Crippen LogP contribution >= 0.6 is 0 Å². The average Bonchev–Trinajstić information content (AvgIpc) is 3.09. The van der Waals surface area contributed by atoms with E-state index < -0.39 is 6.09 Å². The van der Waals surface area contributed by atoms with E-state index in [1.807, 2.05) is 30.3 Å². The average molecular weight is 395 g/mol. The molecule has 0 saturated heterocycles. The van der Waals surface area contributed by atoms with Gasteiger partial charge in [-0.2, -0.15) is 0 Å². The lowest BCUT2D eigenvalue weighted by Crippen LogP contribution is -2.26. The first kappa shape index (κ1) is 19.3. The molecule has 148 valence electrons. The normalized spacial score (nSPS) is 11.6. The maximum Gasteiger partial charge on any atom is 0.407 e. The number of nitrogens with two attached hydrogens (primary N) is 1. The van der Waals surface area contributed by atoms with Crippen LogP contribution in [0.1, 0.15) is 28.2 Å². The van der Waals surface area contributed by atoms with Gasteiger partial charge in [0.1, 0.15) is 12.4 Å². The Morgan fingerprint density at radius 3 is 2.23 bits per heavy atom. The van der Waals surface area contributed by atoms with E-state index in [1.54, 1.807) is 18.2 Å². The van der Waals surface area contributed by atoms with Gasteiger partial charge >= 0.3 is 6.09 Å². The van der Waals surface area contributed by atoms with Gasteiger partial charge in [0, 0.05) is 17.0 Å². The van der Waals surface area contributed by atoms with Crippen molar-refractivity contribution in [1.29, 1.82) is 5.41 Å². The van der Waals surface area contributed by atoms with Crippen molar-refractivity contribution < 1.29 is 9.53 Å². The molecule has 1 amide bonds. The largest absolute Gasteiger partial charge is 0.449 e. The summed E-state index contributed by atoms with van der Waals surface area (Å²) in [5.41, 5.74) is 11.5. The first-order valence-electron chi connectivity index (χ1n) is 9.66. The fraction of sp³-hybridized carbons (Fsp3) is 0.120. The van der Waals surface area contributed by atoms with Gasteiger partial charge in [-0.3, -0.25) is 5.41 Å². The first-order chi connectivity index (χ1) is 14.6. The minimum absolute atomic E-state index is 0.0247. The topological polar surface area (TPSA) is 88.2 Å². The van der Waals surface area contributed by atoms with Gasteiger partial charge in [0.05, 0.1) is 6.54 Å². The number of hydrogen-bond acceptors (Lipinski definition) is 3. The Morgan fingerprint density at radius 1 is 0.967 bits per heavy atom. The number of carbonyl (C=O) groups is 1.